The maximum absolute atomic E-state index is 12.6. The number of hydrogen-bond acceptors (Lipinski definition) is 3. The van der Waals surface area contributed by atoms with E-state index in [9.17, 15) is 9.59 Å². The van der Waals surface area contributed by atoms with E-state index in [2.05, 4.69) is 10.1 Å². The fourth-order valence-corrected chi connectivity index (χ4v) is 2.29. The van der Waals surface area contributed by atoms with Crippen molar-refractivity contribution in [3.05, 3.63) is 64.7 Å². The summed E-state index contributed by atoms with van der Waals surface area (Å²) in [4.78, 5) is 24.0. The Kier molecular flexibility index (Phi) is 5.06. The summed E-state index contributed by atoms with van der Waals surface area (Å²) in [6.07, 6.45) is 0. The number of halogens is 1. The molecule has 0 atom stereocenters. The minimum atomic E-state index is -0.744. The van der Waals surface area contributed by atoms with E-state index >= 15 is 0 Å². The lowest BCUT2D eigenvalue weighted by atomic mass is 9.83. The van der Waals surface area contributed by atoms with Crippen LogP contribution >= 0.6 is 11.6 Å². The van der Waals surface area contributed by atoms with Crippen LogP contribution in [0.4, 0.5) is 5.69 Å². The first-order chi connectivity index (χ1) is 10.8. The van der Waals surface area contributed by atoms with E-state index in [1.54, 1.807) is 36.4 Å². The lowest BCUT2D eigenvalue weighted by Gasteiger charge is -2.24. The Morgan fingerprint density at radius 1 is 1.09 bits per heavy atom. The number of rotatable bonds is 4. The van der Waals surface area contributed by atoms with Crippen molar-refractivity contribution in [3.8, 4) is 0 Å². The lowest BCUT2D eigenvalue weighted by molar-refractivity contribution is -0.120. The van der Waals surface area contributed by atoms with Crippen LogP contribution < -0.4 is 5.32 Å². The minimum Gasteiger partial charge on any atom is -0.465 e. The van der Waals surface area contributed by atoms with Crippen LogP contribution in [0.3, 0.4) is 0 Å². The Bertz CT molecular complexity index is 723. The number of amides is 1. The number of esters is 1. The first-order valence-corrected chi connectivity index (χ1v) is 7.48. The molecule has 5 heteroatoms. The van der Waals surface area contributed by atoms with Gasteiger partial charge >= 0.3 is 5.97 Å². The largest absolute Gasteiger partial charge is 0.465 e. The molecule has 4 nitrogen and oxygen atoms in total. The zero-order valence-electron chi connectivity index (χ0n) is 13.2. The molecule has 0 unspecified atom stereocenters. The molecule has 120 valence electrons. The molecule has 0 saturated carbocycles. The van der Waals surface area contributed by atoms with Crippen molar-refractivity contribution < 1.29 is 14.3 Å². The fraction of sp³-hybridized carbons (Fsp3) is 0.222. The maximum atomic E-state index is 12.6. The van der Waals surface area contributed by atoms with E-state index in [0.29, 0.717) is 16.3 Å². The Labute approximate surface area is 140 Å². The summed E-state index contributed by atoms with van der Waals surface area (Å²) in [7, 11) is 1.32. The van der Waals surface area contributed by atoms with E-state index in [0.717, 1.165) is 5.56 Å². The SMILES string of the molecule is COC(=O)c1ccc(NC(=O)C(C)(C)c2cccc(Cl)c2)cc1. The van der Waals surface area contributed by atoms with Gasteiger partial charge in [0, 0.05) is 10.7 Å². The summed E-state index contributed by atoms with van der Waals surface area (Å²) in [6, 6.07) is 13.8. The van der Waals surface area contributed by atoms with Gasteiger partial charge in [-0.15, -0.1) is 0 Å². The number of nitrogens with one attached hydrogen (secondary N) is 1. The molecule has 2 rings (SSSR count). The van der Waals surface area contributed by atoms with E-state index in [1.807, 2.05) is 26.0 Å². The van der Waals surface area contributed by atoms with Crippen LogP contribution in [-0.4, -0.2) is 19.0 Å². The zero-order chi connectivity index (χ0) is 17.0. The summed E-state index contributed by atoms with van der Waals surface area (Å²) in [5, 5.41) is 3.44. The number of methoxy groups -OCH3 is 1. The van der Waals surface area contributed by atoms with Gasteiger partial charge in [0.25, 0.3) is 0 Å². The zero-order valence-corrected chi connectivity index (χ0v) is 14.0. The lowest BCUT2D eigenvalue weighted by Crippen LogP contribution is -2.34. The van der Waals surface area contributed by atoms with Crippen LogP contribution in [0.25, 0.3) is 0 Å². The van der Waals surface area contributed by atoms with Gasteiger partial charge in [-0.1, -0.05) is 23.7 Å². The number of carbonyl (C=O) groups is 2. The smallest absolute Gasteiger partial charge is 0.337 e. The van der Waals surface area contributed by atoms with Gasteiger partial charge in [-0.2, -0.15) is 0 Å². The van der Waals surface area contributed by atoms with E-state index in [4.69, 9.17) is 11.6 Å². The third kappa shape index (κ3) is 3.90. The Morgan fingerprint density at radius 2 is 1.74 bits per heavy atom. The van der Waals surface area contributed by atoms with E-state index < -0.39 is 11.4 Å². The average Bonchev–Trinajstić information content (AvgIpc) is 2.54. The summed E-state index contributed by atoms with van der Waals surface area (Å²) in [5.74, 6) is -0.576. The van der Waals surface area contributed by atoms with E-state index in [-0.39, 0.29) is 5.91 Å². The molecule has 23 heavy (non-hydrogen) atoms. The van der Waals surface area contributed by atoms with Gasteiger partial charge in [-0.3, -0.25) is 4.79 Å². The molecule has 0 fully saturated rings. The molecule has 0 aliphatic rings. The monoisotopic (exact) mass is 331 g/mol. The Balaban J connectivity index is 2.16. The Hall–Kier alpha value is -2.33. The predicted octanol–water partition coefficient (Wildman–Crippen LogP) is 4.04. The van der Waals surface area contributed by atoms with Crippen LogP contribution in [0, 0.1) is 0 Å². The topological polar surface area (TPSA) is 55.4 Å². The van der Waals surface area contributed by atoms with Crippen molar-refractivity contribution in [1.82, 2.24) is 0 Å². The van der Waals surface area contributed by atoms with Crippen molar-refractivity contribution >= 4 is 29.2 Å². The molecule has 1 N–H and O–H groups in total. The predicted molar refractivity (Wildman–Crippen MR) is 90.9 cm³/mol. The first-order valence-electron chi connectivity index (χ1n) is 7.10. The molecule has 0 aliphatic heterocycles. The number of anilines is 1. The molecule has 0 bridgehead atoms. The van der Waals surface area contributed by atoms with Crippen molar-refractivity contribution in [2.45, 2.75) is 19.3 Å². The molecule has 0 spiro atoms. The van der Waals surface area contributed by atoms with Crippen LogP contribution in [0.5, 0.6) is 0 Å². The number of hydrogen-bond donors (Lipinski definition) is 1. The normalized spacial score (nSPS) is 11.0. The molecule has 1 amide bonds. The van der Waals surface area contributed by atoms with Gasteiger partial charge in [0.1, 0.15) is 0 Å². The first kappa shape index (κ1) is 17.0. The third-order valence-electron chi connectivity index (χ3n) is 3.68. The van der Waals surface area contributed by atoms with Crippen LogP contribution in [0.2, 0.25) is 5.02 Å². The fourth-order valence-electron chi connectivity index (χ4n) is 2.10. The summed E-state index contributed by atoms with van der Waals surface area (Å²) in [5.41, 5.74) is 1.12. The highest BCUT2D eigenvalue weighted by atomic mass is 35.5. The summed E-state index contributed by atoms with van der Waals surface area (Å²) >= 11 is 6.00. The number of ether oxygens (including phenoxy) is 1. The highest BCUT2D eigenvalue weighted by Gasteiger charge is 2.30. The third-order valence-corrected chi connectivity index (χ3v) is 3.91. The molecule has 0 saturated heterocycles. The van der Waals surface area contributed by atoms with Crippen molar-refractivity contribution in [1.29, 1.82) is 0 Å². The van der Waals surface area contributed by atoms with Gasteiger partial charge in [-0.25, -0.2) is 4.79 Å². The van der Waals surface area contributed by atoms with Crippen molar-refractivity contribution in [2.75, 3.05) is 12.4 Å². The van der Waals surface area contributed by atoms with Gasteiger partial charge < -0.3 is 10.1 Å². The van der Waals surface area contributed by atoms with Crippen LogP contribution in [0.15, 0.2) is 48.5 Å². The molecule has 0 heterocycles. The summed E-state index contributed by atoms with van der Waals surface area (Å²) in [6.45, 7) is 3.66. The van der Waals surface area contributed by atoms with Gasteiger partial charge in [-0.05, 0) is 55.8 Å². The Morgan fingerprint density at radius 3 is 2.30 bits per heavy atom. The van der Waals surface area contributed by atoms with Crippen molar-refractivity contribution in [2.24, 2.45) is 0 Å². The number of benzene rings is 2. The molecule has 2 aromatic rings. The second kappa shape index (κ2) is 6.84. The molecule has 0 radical (unpaired) electrons. The quantitative estimate of drug-likeness (QED) is 0.860. The minimum absolute atomic E-state index is 0.161. The van der Waals surface area contributed by atoms with Crippen molar-refractivity contribution in [3.63, 3.8) is 0 Å². The van der Waals surface area contributed by atoms with E-state index in [1.165, 1.54) is 7.11 Å². The second-order valence-electron chi connectivity index (χ2n) is 5.66. The van der Waals surface area contributed by atoms with Crippen LogP contribution in [0.1, 0.15) is 29.8 Å². The van der Waals surface area contributed by atoms with Gasteiger partial charge in [0.2, 0.25) is 5.91 Å². The average molecular weight is 332 g/mol. The molecular formula is C18H18ClNO3. The van der Waals surface area contributed by atoms with Gasteiger partial charge in [0.15, 0.2) is 0 Å². The molecule has 2 aromatic carbocycles. The molecule has 0 aromatic heterocycles. The highest BCUT2D eigenvalue weighted by Crippen LogP contribution is 2.27. The van der Waals surface area contributed by atoms with Crippen LogP contribution in [-0.2, 0) is 14.9 Å². The molecular weight excluding hydrogens is 314 g/mol. The van der Waals surface area contributed by atoms with Gasteiger partial charge in [0.05, 0.1) is 18.1 Å². The highest BCUT2D eigenvalue weighted by molar-refractivity contribution is 6.30. The standard InChI is InChI=1S/C18H18ClNO3/c1-18(2,13-5-4-6-14(19)11-13)17(22)20-15-9-7-12(8-10-15)16(21)23-3/h4-11H,1-3H3,(H,20,22). The molecule has 0 aliphatic carbocycles. The summed E-state index contributed by atoms with van der Waals surface area (Å²) < 4.78 is 4.64. The second-order valence-corrected chi connectivity index (χ2v) is 6.09. The maximum Gasteiger partial charge on any atom is 0.337 e. The number of carbonyl (C=O) groups excluding carboxylic acids is 2.